The molecule has 78 valence electrons. The van der Waals surface area contributed by atoms with Crippen LogP contribution in [0.4, 0.5) is 0 Å². The second-order valence-corrected chi connectivity index (χ2v) is 3.97. The van der Waals surface area contributed by atoms with Crippen LogP contribution in [0.25, 0.3) is 28.1 Å². The van der Waals surface area contributed by atoms with E-state index in [1.807, 2.05) is 31.2 Å². The van der Waals surface area contributed by atoms with Gasteiger partial charge in [-0.05, 0) is 23.9 Å². The standard InChI is InChI=1S/C14H10O2/c1-8-6-7-11-9(2)16-14(15)12-5-3-4-10(8)13(11)12/h3-7H,2H2,1H3. The maximum absolute atomic E-state index is 11.7. The van der Waals surface area contributed by atoms with Crippen molar-refractivity contribution in [3.8, 4) is 0 Å². The Bertz CT molecular complexity index is 767. The molecule has 0 aliphatic carbocycles. The Kier molecular flexibility index (Phi) is 1.69. The zero-order valence-electron chi connectivity index (χ0n) is 8.91. The molecule has 3 aromatic rings. The summed E-state index contributed by atoms with van der Waals surface area (Å²) >= 11 is 0. The predicted molar refractivity (Wildman–Crippen MR) is 65.5 cm³/mol. The third-order valence-corrected chi connectivity index (χ3v) is 2.99. The lowest BCUT2D eigenvalue weighted by molar-refractivity contribution is 0.494. The molecule has 0 atom stereocenters. The third-order valence-electron chi connectivity index (χ3n) is 2.99. The number of benzene rings is 2. The summed E-state index contributed by atoms with van der Waals surface area (Å²) < 4.78 is 5.11. The van der Waals surface area contributed by atoms with E-state index >= 15 is 0 Å². The van der Waals surface area contributed by atoms with Crippen molar-refractivity contribution in [2.45, 2.75) is 6.92 Å². The van der Waals surface area contributed by atoms with E-state index in [2.05, 4.69) is 6.58 Å². The average Bonchev–Trinajstić information content (AvgIpc) is 2.27. The van der Waals surface area contributed by atoms with Gasteiger partial charge in [-0.3, -0.25) is 0 Å². The highest BCUT2D eigenvalue weighted by molar-refractivity contribution is 6.10. The monoisotopic (exact) mass is 210 g/mol. The summed E-state index contributed by atoms with van der Waals surface area (Å²) in [5.74, 6) is 0. The van der Waals surface area contributed by atoms with Gasteiger partial charge in [0.25, 0.3) is 0 Å². The summed E-state index contributed by atoms with van der Waals surface area (Å²) in [6, 6.07) is 9.66. The molecule has 1 heterocycles. The van der Waals surface area contributed by atoms with Crippen LogP contribution in [-0.4, -0.2) is 0 Å². The van der Waals surface area contributed by atoms with Crippen molar-refractivity contribution < 1.29 is 4.42 Å². The summed E-state index contributed by atoms with van der Waals surface area (Å²) in [6.45, 7) is 5.81. The first-order valence-electron chi connectivity index (χ1n) is 5.12. The van der Waals surface area contributed by atoms with Crippen LogP contribution in [0.3, 0.4) is 0 Å². The highest BCUT2D eigenvalue weighted by Gasteiger charge is 2.08. The maximum atomic E-state index is 11.7. The first-order valence-corrected chi connectivity index (χ1v) is 5.12. The normalized spacial score (nSPS) is 11.3. The van der Waals surface area contributed by atoms with E-state index in [-0.39, 0.29) is 5.63 Å². The Morgan fingerprint density at radius 1 is 1.06 bits per heavy atom. The first kappa shape index (κ1) is 9.16. The van der Waals surface area contributed by atoms with Gasteiger partial charge in [0.2, 0.25) is 0 Å². The lowest BCUT2D eigenvalue weighted by Crippen LogP contribution is -2.11. The van der Waals surface area contributed by atoms with Crippen LogP contribution in [-0.2, 0) is 0 Å². The molecule has 0 N–H and O–H groups in total. The molecule has 2 heteroatoms. The van der Waals surface area contributed by atoms with Gasteiger partial charge in [-0.2, -0.15) is 0 Å². The topological polar surface area (TPSA) is 30.2 Å². The summed E-state index contributed by atoms with van der Waals surface area (Å²) in [7, 11) is 0. The molecule has 2 nitrogen and oxygen atoms in total. The van der Waals surface area contributed by atoms with Crippen molar-refractivity contribution in [2.24, 2.45) is 0 Å². The van der Waals surface area contributed by atoms with Crippen LogP contribution in [0.5, 0.6) is 0 Å². The Morgan fingerprint density at radius 3 is 2.62 bits per heavy atom. The van der Waals surface area contributed by atoms with Gasteiger partial charge >= 0.3 is 5.63 Å². The van der Waals surface area contributed by atoms with E-state index in [1.165, 1.54) is 0 Å². The predicted octanol–water partition coefficient (Wildman–Crippen LogP) is 2.38. The van der Waals surface area contributed by atoms with E-state index < -0.39 is 0 Å². The van der Waals surface area contributed by atoms with Gasteiger partial charge in [-0.1, -0.05) is 30.8 Å². The highest BCUT2D eigenvalue weighted by Crippen LogP contribution is 2.24. The Labute approximate surface area is 91.8 Å². The summed E-state index contributed by atoms with van der Waals surface area (Å²) in [6.07, 6.45) is 0. The third kappa shape index (κ3) is 1.04. The molecular weight excluding hydrogens is 200 g/mol. The quantitative estimate of drug-likeness (QED) is 0.570. The minimum absolute atomic E-state index is 0.311. The zero-order chi connectivity index (χ0) is 11.3. The van der Waals surface area contributed by atoms with Gasteiger partial charge in [0.05, 0.1) is 5.39 Å². The van der Waals surface area contributed by atoms with E-state index in [1.54, 1.807) is 6.07 Å². The molecule has 0 aliphatic rings. The Hall–Kier alpha value is -2.09. The van der Waals surface area contributed by atoms with Crippen LogP contribution in [0.2, 0.25) is 0 Å². The fourth-order valence-electron chi connectivity index (χ4n) is 2.18. The molecule has 2 aromatic carbocycles. The van der Waals surface area contributed by atoms with Gasteiger partial charge < -0.3 is 4.42 Å². The SMILES string of the molecule is C=c1oc(=O)c2cccc3c(C)ccc1c32. The molecule has 1 aromatic heterocycles. The number of hydrogen-bond acceptors (Lipinski definition) is 2. The van der Waals surface area contributed by atoms with Crippen molar-refractivity contribution in [3.63, 3.8) is 0 Å². The average molecular weight is 210 g/mol. The van der Waals surface area contributed by atoms with Crippen LogP contribution in [0.15, 0.2) is 39.5 Å². The van der Waals surface area contributed by atoms with Gasteiger partial charge in [-0.15, -0.1) is 0 Å². The highest BCUT2D eigenvalue weighted by atomic mass is 16.4. The summed E-state index contributed by atoms with van der Waals surface area (Å²) in [4.78, 5) is 11.7. The van der Waals surface area contributed by atoms with Crippen molar-refractivity contribution in [2.75, 3.05) is 0 Å². The second-order valence-electron chi connectivity index (χ2n) is 3.97. The van der Waals surface area contributed by atoms with Gasteiger partial charge in [0, 0.05) is 10.8 Å². The smallest absolute Gasteiger partial charge is 0.344 e. The minimum Gasteiger partial charge on any atom is -0.423 e. The maximum Gasteiger partial charge on any atom is 0.344 e. The van der Waals surface area contributed by atoms with Crippen LogP contribution in [0, 0.1) is 6.92 Å². The molecule has 0 bridgehead atoms. The fraction of sp³-hybridized carbons (Fsp3) is 0.0714. The fourth-order valence-corrected chi connectivity index (χ4v) is 2.18. The molecule has 0 aliphatic heterocycles. The van der Waals surface area contributed by atoms with Crippen LogP contribution in [0.1, 0.15) is 5.56 Å². The van der Waals surface area contributed by atoms with E-state index in [4.69, 9.17) is 4.42 Å². The van der Waals surface area contributed by atoms with Gasteiger partial charge in [0.1, 0.15) is 5.42 Å². The van der Waals surface area contributed by atoms with Gasteiger partial charge in [-0.25, -0.2) is 4.79 Å². The van der Waals surface area contributed by atoms with E-state index in [9.17, 15) is 4.79 Å². The van der Waals surface area contributed by atoms with Gasteiger partial charge in [0.15, 0.2) is 0 Å². The number of aryl methyl sites for hydroxylation is 1. The largest absolute Gasteiger partial charge is 0.423 e. The van der Waals surface area contributed by atoms with Crippen LogP contribution >= 0.6 is 0 Å². The number of hydrogen-bond donors (Lipinski definition) is 0. The van der Waals surface area contributed by atoms with Crippen molar-refractivity contribution in [1.82, 2.24) is 0 Å². The molecule has 16 heavy (non-hydrogen) atoms. The minimum atomic E-state index is -0.311. The molecule has 0 saturated carbocycles. The second kappa shape index (κ2) is 2.95. The summed E-state index contributed by atoms with van der Waals surface area (Å²) in [5, 5.41) is 3.59. The lowest BCUT2D eigenvalue weighted by atomic mass is 9.99. The summed E-state index contributed by atoms with van der Waals surface area (Å²) in [5.41, 5.74) is 1.28. The number of rotatable bonds is 0. The zero-order valence-corrected chi connectivity index (χ0v) is 8.91. The van der Waals surface area contributed by atoms with Crippen molar-refractivity contribution in [3.05, 3.63) is 51.7 Å². The molecule has 0 radical (unpaired) electrons. The Balaban J connectivity index is 2.84. The molecule has 0 amide bonds. The van der Waals surface area contributed by atoms with E-state index in [0.29, 0.717) is 10.8 Å². The molecular formula is C14H10O2. The van der Waals surface area contributed by atoms with E-state index in [0.717, 1.165) is 21.7 Å². The molecule has 0 unspecified atom stereocenters. The molecule has 0 saturated heterocycles. The van der Waals surface area contributed by atoms with Crippen LogP contribution < -0.4 is 11.0 Å². The van der Waals surface area contributed by atoms with Crippen molar-refractivity contribution >= 4 is 28.1 Å². The lowest BCUT2D eigenvalue weighted by Gasteiger charge is -2.06. The van der Waals surface area contributed by atoms with Crippen molar-refractivity contribution in [1.29, 1.82) is 0 Å². The molecule has 0 fully saturated rings. The molecule has 0 spiro atoms. The first-order chi connectivity index (χ1) is 7.68. The Morgan fingerprint density at radius 2 is 1.81 bits per heavy atom. The molecule has 3 rings (SSSR count).